The first-order valence-electron chi connectivity index (χ1n) is 14.3. The number of alkyl halides is 1. The number of aliphatic hydroxyl groups excluding tert-OH is 1. The van der Waals surface area contributed by atoms with Crippen LogP contribution in [0.2, 0.25) is 0 Å². The summed E-state index contributed by atoms with van der Waals surface area (Å²) < 4.78 is 14.5. The van der Waals surface area contributed by atoms with Gasteiger partial charge in [-0.3, -0.25) is 19.2 Å². The van der Waals surface area contributed by atoms with E-state index in [1.54, 1.807) is 33.2 Å². The number of aryl methyl sites for hydroxylation is 1. The minimum Gasteiger partial charge on any atom is -0.391 e. The molecule has 10 nitrogen and oxygen atoms in total. The van der Waals surface area contributed by atoms with E-state index in [9.17, 15) is 28.7 Å². The Bertz CT molecular complexity index is 1320. The molecule has 1 aliphatic carbocycles. The van der Waals surface area contributed by atoms with Crippen LogP contribution in [-0.4, -0.2) is 75.6 Å². The molecule has 1 saturated carbocycles. The summed E-state index contributed by atoms with van der Waals surface area (Å²) in [5.74, 6) is -2.18. The van der Waals surface area contributed by atoms with Gasteiger partial charge in [-0.25, -0.2) is 9.37 Å². The molecule has 2 fully saturated rings. The monoisotopic (exact) mass is 601 g/mol. The smallest absolute Gasteiger partial charge is 0.258 e. The van der Waals surface area contributed by atoms with Gasteiger partial charge in [0, 0.05) is 19.5 Å². The van der Waals surface area contributed by atoms with Crippen molar-refractivity contribution in [1.82, 2.24) is 25.8 Å². The average Bonchev–Trinajstić information content (AvgIpc) is 3.33. The Labute approximate surface area is 249 Å². The third kappa shape index (κ3) is 7.15. The molecule has 0 spiro atoms. The topological polar surface area (TPSA) is 141 Å². The van der Waals surface area contributed by atoms with Gasteiger partial charge in [-0.1, -0.05) is 45.0 Å². The van der Waals surface area contributed by atoms with Crippen LogP contribution < -0.4 is 16.0 Å². The molecule has 4 atom stereocenters. The highest BCUT2D eigenvalue weighted by molar-refractivity contribution is 7.13. The number of carbonyl (C=O) groups excluding carboxylic acids is 4. The van der Waals surface area contributed by atoms with Crippen LogP contribution in [0.5, 0.6) is 0 Å². The number of thiazole rings is 1. The quantitative estimate of drug-likeness (QED) is 0.330. The summed E-state index contributed by atoms with van der Waals surface area (Å²) in [6.07, 6.45) is -0.779. The number of hydrogen-bond acceptors (Lipinski definition) is 7. The lowest BCUT2D eigenvalue weighted by atomic mass is 9.85. The highest BCUT2D eigenvalue weighted by atomic mass is 32.1. The molecule has 1 aromatic heterocycles. The number of amides is 4. The Morgan fingerprint density at radius 3 is 2.38 bits per heavy atom. The molecule has 42 heavy (non-hydrogen) atoms. The van der Waals surface area contributed by atoms with Gasteiger partial charge in [0.25, 0.3) is 5.91 Å². The van der Waals surface area contributed by atoms with Crippen LogP contribution in [-0.2, 0) is 19.2 Å². The molecule has 2 heterocycles. The zero-order chi connectivity index (χ0) is 30.8. The van der Waals surface area contributed by atoms with Gasteiger partial charge < -0.3 is 26.0 Å². The van der Waals surface area contributed by atoms with E-state index in [0.717, 1.165) is 16.1 Å². The van der Waals surface area contributed by atoms with Crippen molar-refractivity contribution in [3.63, 3.8) is 0 Å². The lowest BCUT2D eigenvalue weighted by Gasteiger charge is -2.36. The molecule has 0 radical (unpaired) electrons. The number of likely N-dealkylation sites (tertiary alicyclic amines) is 1. The van der Waals surface area contributed by atoms with Crippen molar-refractivity contribution in [2.45, 2.75) is 90.2 Å². The van der Waals surface area contributed by atoms with Crippen molar-refractivity contribution in [2.24, 2.45) is 5.41 Å². The third-order valence-corrected chi connectivity index (χ3v) is 8.73. The molecule has 2 aromatic rings. The Hall–Kier alpha value is -3.38. The molecule has 1 saturated heterocycles. The maximum absolute atomic E-state index is 14.5. The summed E-state index contributed by atoms with van der Waals surface area (Å²) >= 11 is 1.52. The minimum atomic E-state index is -1.97. The predicted octanol–water partition coefficient (Wildman–Crippen LogP) is 2.80. The number of hydrogen-bond donors (Lipinski definition) is 4. The van der Waals surface area contributed by atoms with Gasteiger partial charge in [0.2, 0.25) is 17.7 Å². The first-order chi connectivity index (χ1) is 19.7. The SMILES string of the molecule is CCNC(=O)C[C@H](NC(=O)[C@@H]1C[C@@H](O)CN1C(=O)[C@@H](NC(=O)C1(F)CC1)C(C)(C)C)c1ccc(-c2scnc2C)cc1. The summed E-state index contributed by atoms with van der Waals surface area (Å²) in [4.78, 5) is 59.2. The summed E-state index contributed by atoms with van der Waals surface area (Å²) in [6.45, 7) is 9.29. The number of carbonyl (C=O) groups is 4. The van der Waals surface area contributed by atoms with Crippen molar-refractivity contribution in [1.29, 1.82) is 0 Å². The van der Waals surface area contributed by atoms with E-state index in [1.165, 1.54) is 16.2 Å². The Kier molecular flexibility index (Phi) is 9.36. The number of nitrogens with zero attached hydrogens (tertiary/aromatic N) is 2. The zero-order valence-electron chi connectivity index (χ0n) is 24.7. The second-order valence-electron chi connectivity index (χ2n) is 12.2. The summed E-state index contributed by atoms with van der Waals surface area (Å²) in [5, 5.41) is 18.7. The summed E-state index contributed by atoms with van der Waals surface area (Å²) in [5.41, 5.74) is 1.60. The van der Waals surface area contributed by atoms with Gasteiger partial charge in [-0.2, -0.15) is 0 Å². The molecule has 1 aromatic carbocycles. The lowest BCUT2D eigenvalue weighted by Crippen LogP contribution is -2.59. The van der Waals surface area contributed by atoms with Crippen LogP contribution in [0.1, 0.15) is 70.7 Å². The number of β-amino-alcohol motifs (C(OH)–C–C–N with tert-alkyl or cyclic N) is 1. The maximum atomic E-state index is 14.5. The van der Waals surface area contributed by atoms with E-state index in [-0.39, 0.29) is 38.1 Å². The molecule has 4 amide bonds. The van der Waals surface area contributed by atoms with Gasteiger partial charge in [0.05, 0.1) is 34.6 Å². The van der Waals surface area contributed by atoms with Gasteiger partial charge in [-0.15, -0.1) is 11.3 Å². The van der Waals surface area contributed by atoms with Crippen molar-refractivity contribution in [3.8, 4) is 10.4 Å². The first kappa shape index (κ1) is 31.6. The first-order valence-corrected chi connectivity index (χ1v) is 15.2. The molecule has 228 valence electrons. The third-order valence-electron chi connectivity index (χ3n) is 7.75. The largest absolute Gasteiger partial charge is 0.391 e. The van der Waals surface area contributed by atoms with Gasteiger partial charge in [0.1, 0.15) is 12.1 Å². The second kappa shape index (κ2) is 12.5. The highest BCUT2D eigenvalue weighted by Gasteiger charge is 2.53. The fraction of sp³-hybridized carbons (Fsp3) is 0.567. The van der Waals surface area contributed by atoms with E-state index >= 15 is 0 Å². The highest BCUT2D eigenvalue weighted by Crippen LogP contribution is 2.40. The van der Waals surface area contributed by atoms with Gasteiger partial charge in [-0.05, 0) is 43.2 Å². The average molecular weight is 602 g/mol. The second-order valence-corrected chi connectivity index (χ2v) is 13.1. The fourth-order valence-corrected chi connectivity index (χ4v) is 5.95. The van der Waals surface area contributed by atoms with Crippen molar-refractivity contribution in [3.05, 3.63) is 41.0 Å². The van der Waals surface area contributed by atoms with E-state index in [1.807, 2.05) is 31.2 Å². The standard InChI is InChI=1S/C30H40FN5O5S/c1-6-32-23(38)14-21(18-7-9-19(10-8-18)24-17(2)33-16-42-24)34-26(39)22-13-20(37)15-36(22)27(40)25(29(3,4)5)35-28(41)30(31)11-12-30/h7-10,16,20-22,25,37H,6,11-15H2,1-5H3,(H,32,38)(H,34,39)(H,35,41)/t20-,21+,22+,25-/m1/s1. The van der Waals surface area contributed by atoms with Crippen LogP contribution in [0, 0.1) is 12.3 Å². The van der Waals surface area contributed by atoms with Crippen LogP contribution >= 0.6 is 11.3 Å². The lowest BCUT2D eigenvalue weighted by molar-refractivity contribution is -0.145. The van der Waals surface area contributed by atoms with E-state index in [2.05, 4.69) is 20.9 Å². The zero-order valence-corrected chi connectivity index (χ0v) is 25.5. The van der Waals surface area contributed by atoms with E-state index in [4.69, 9.17) is 0 Å². The summed E-state index contributed by atoms with van der Waals surface area (Å²) in [7, 11) is 0. The molecule has 12 heteroatoms. The van der Waals surface area contributed by atoms with Crippen molar-refractivity contribution >= 4 is 35.0 Å². The van der Waals surface area contributed by atoms with Crippen molar-refractivity contribution in [2.75, 3.05) is 13.1 Å². The fourth-order valence-electron chi connectivity index (χ4n) is 5.14. The van der Waals surface area contributed by atoms with Crippen LogP contribution in [0.25, 0.3) is 10.4 Å². The van der Waals surface area contributed by atoms with Gasteiger partial charge in [0.15, 0.2) is 5.67 Å². The van der Waals surface area contributed by atoms with Crippen molar-refractivity contribution < 1.29 is 28.7 Å². The molecule has 4 N–H and O–H groups in total. The Morgan fingerprint density at radius 1 is 1.17 bits per heavy atom. The van der Waals surface area contributed by atoms with Gasteiger partial charge >= 0.3 is 0 Å². The minimum absolute atomic E-state index is 0.00704. The predicted molar refractivity (Wildman–Crippen MR) is 157 cm³/mol. The van der Waals surface area contributed by atoms with E-state index < -0.39 is 53.0 Å². The van der Waals surface area contributed by atoms with Crippen LogP contribution in [0.15, 0.2) is 29.8 Å². The molecule has 0 bridgehead atoms. The molecule has 1 aliphatic heterocycles. The number of benzene rings is 1. The van der Waals surface area contributed by atoms with Crippen LogP contribution in [0.3, 0.4) is 0 Å². The maximum Gasteiger partial charge on any atom is 0.258 e. The van der Waals surface area contributed by atoms with E-state index in [0.29, 0.717) is 12.1 Å². The number of nitrogens with one attached hydrogen (secondary N) is 3. The number of rotatable bonds is 10. The molecule has 0 unspecified atom stereocenters. The molecular formula is C30H40FN5O5S. The van der Waals surface area contributed by atoms with Crippen LogP contribution in [0.4, 0.5) is 4.39 Å². The Morgan fingerprint density at radius 2 is 1.83 bits per heavy atom. The molecular weight excluding hydrogens is 561 g/mol. The number of halogens is 1. The molecule has 4 rings (SSSR count). The number of aromatic nitrogens is 1. The number of aliphatic hydroxyl groups is 1. The Balaban J connectivity index is 1.55. The normalized spacial score (nSPS) is 20.9. The summed E-state index contributed by atoms with van der Waals surface area (Å²) in [6, 6.07) is 4.68. The molecule has 2 aliphatic rings.